The molecule has 4 aromatic rings. The van der Waals surface area contributed by atoms with Gasteiger partial charge in [-0.05, 0) is 35.7 Å². The summed E-state index contributed by atoms with van der Waals surface area (Å²) in [6, 6.07) is 10.7. The quantitative estimate of drug-likeness (QED) is 0.568. The normalized spacial score (nSPS) is 11.1. The van der Waals surface area contributed by atoms with Crippen LogP contribution in [0.3, 0.4) is 0 Å². The Labute approximate surface area is 152 Å². The Morgan fingerprint density at radius 3 is 2.52 bits per heavy atom. The van der Waals surface area contributed by atoms with E-state index >= 15 is 0 Å². The highest BCUT2D eigenvalue weighted by Gasteiger charge is 2.15. The second kappa shape index (κ2) is 6.21. The lowest BCUT2D eigenvalue weighted by Gasteiger charge is -2.10. The minimum atomic E-state index is -1.04. The first-order valence-electron chi connectivity index (χ1n) is 8.04. The van der Waals surface area contributed by atoms with Gasteiger partial charge < -0.3 is 23.8 Å². The van der Waals surface area contributed by atoms with Crippen molar-refractivity contribution in [2.24, 2.45) is 0 Å². The molecule has 0 unspecified atom stereocenters. The molecule has 136 valence electrons. The van der Waals surface area contributed by atoms with Crippen molar-refractivity contribution in [3.05, 3.63) is 58.4 Å². The zero-order chi connectivity index (χ0) is 19.1. The molecule has 2 heterocycles. The number of carbonyl (C=O) groups is 1. The van der Waals surface area contributed by atoms with Crippen molar-refractivity contribution in [3.8, 4) is 22.8 Å². The summed E-state index contributed by atoms with van der Waals surface area (Å²) in [6.45, 7) is 0. The highest BCUT2D eigenvalue weighted by atomic mass is 16.5. The van der Waals surface area contributed by atoms with Crippen molar-refractivity contribution < 1.29 is 28.6 Å². The molecule has 0 saturated carbocycles. The number of aromatic hydroxyl groups is 1. The molecule has 4 rings (SSSR count). The fourth-order valence-electron chi connectivity index (χ4n) is 3.04. The molecule has 2 N–H and O–H groups in total. The summed E-state index contributed by atoms with van der Waals surface area (Å²) in [6.07, 6.45) is -0.307. The molecule has 0 bridgehead atoms. The standard InChI is InChI=1S/C20H14O7/c1-25-16-5-10(2-3-14(16)22)15-6-11-4-13(9-19(23)24)26-17-7-12(21)8-18(27-15)20(11)17/h2-8,22H,9H2,1H3,(H,23,24). The molecule has 2 aromatic carbocycles. The lowest BCUT2D eigenvalue weighted by Crippen LogP contribution is -2.02. The van der Waals surface area contributed by atoms with Gasteiger partial charge in [0.15, 0.2) is 16.9 Å². The number of hydrogen-bond acceptors (Lipinski definition) is 6. The van der Waals surface area contributed by atoms with Gasteiger partial charge in [0.25, 0.3) is 0 Å². The average Bonchev–Trinajstić information content (AvgIpc) is 2.60. The number of methoxy groups -OCH3 is 1. The van der Waals surface area contributed by atoms with E-state index in [1.54, 1.807) is 24.3 Å². The Bertz CT molecular complexity index is 1250. The fourth-order valence-corrected chi connectivity index (χ4v) is 3.04. The summed E-state index contributed by atoms with van der Waals surface area (Å²) in [4.78, 5) is 23.0. The SMILES string of the molecule is COc1cc(-c2cc3cc(CC(=O)O)oc4cc(=O)cc(o2)c34)ccc1O. The molecule has 0 aliphatic rings. The maximum absolute atomic E-state index is 12.0. The van der Waals surface area contributed by atoms with E-state index in [2.05, 4.69) is 0 Å². The minimum Gasteiger partial charge on any atom is -0.504 e. The molecule has 7 nitrogen and oxygen atoms in total. The summed E-state index contributed by atoms with van der Waals surface area (Å²) in [7, 11) is 1.44. The maximum atomic E-state index is 12.0. The number of benzene rings is 2. The summed E-state index contributed by atoms with van der Waals surface area (Å²) in [5.74, 6) is -0.115. The first-order chi connectivity index (χ1) is 12.9. The molecular formula is C20H14O7. The Balaban J connectivity index is 2.01. The van der Waals surface area contributed by atoms with E-state index in [-0.39, 0.29) is 34.7 Å². The summed E-state index contributed by atoms with van der Waals surface area (Å²) >= 11 is 0. The Hall–Kier alpha value is -3.74. The fraction of sp³-hybridized carbons (Fsp3) is 0.100. The van der Waals surface area contributed by atoms with Crippen LogP contribution in [0.5, 0.6) is 11.5 Å². The smallest absolute Gasteiger partial charge is 0.311 e. The maximum Gasteiger partial charge on any atom is 0.311 e. The lowest BCUT2D eigenvalue weighted by atomic mass is 10.1. The van der Waals surface area contributed by atoms with Crippen LogP contribution in [0.25, 0.3) is 33.3 Å². The van der Waals surface area contributed by atoms with Crippen LogP contribution in [0.4, 0.5) is 0 Å². The van der Waals surface area contributed by atoms with Crippen molar-refractivity contribution in [1.29, 1.82) is 0 Å². The highest BCUT2D eigenvalue weighted by Crippen LogP contribution is 2.36. The van der Waals surface area contributed by atoms with Crippen LogP contribution >= 0.6 is 0 Å². The Morgan fingerprint density at radius 1 is 1.07 bits per heavy atom. The number of hydrogen-bond donors (Lipinski definition) is 2. The van der Waals surface area contributed by atoms with Gasteiger partial charge in [-0.1, -0.05) is 0 Å². The Morgan fingerprint density at radius 2 is 1.81 bits per heavy atom. The van der Waals surface area contributed by atoms with E-state index in [1.807, 2.05) is 0 Å². The van der Waals surface area contributed by atoms with Crippen LogP contribution in [0.2, 0.25) is 0 Å². The van der Waals surface area contributed by atoms with Crippen LogP contribution in [-0.4, -0.2) is 23.3 Å². The van der Waals surface area contributed by atoms with Gasteiger partial charge in [-0.2, -0.15) is 0 Å². The third-order valence-electron chi connectivity index (χ3n) is 4.18. The molecular weight excluding hydrogens is 352 g/mol. The van der Waals surface area contributed by atoms with Crippen molar-refractivity contribution in [2.45, 2.75) is 6.42 Å². The van der Waals surface area contributed by atoms with Gasteiger partial charge in [-0.25, -0.2) is 0 Å². The minimum absolute atomic E-state index is 0.00968. The van der Waals surface area contributed by atoms with Gasteiger partial charge in [0.2, 0.25) is 0 Å². The van der Waals surface area contributed by atoms with Crippen LogP contribution < -0.4 is 10.2 Å². The third kappa shape index (κ3) is 2.99. The van der Waals surface area contributed by atoms with Crippen molar-refractivity contribution in [1.82, 2.24) is 0 Å². The number of aliphatic carboxylic acids is 1. The lowest BCUT2D eigenvalue weighted by molar-refractivity contribution is -0.136. The second-order valence-electron chi connectivity index (χ2n) is 6.03. The molecule has 0 saturated heterocycles. The van der Waals surface area contributed by atoms with E-state index < -0.39 is 5.97 Å². The Kier molecular flexibility index (Phi) is 3.84. The third-order valence-corrected chi connectivity index (χ3v) is 4.18. The molecule has 0 amide bonds. The van der Waals surface area contributed by atoms with Crippen molar-refractivity contribution in [3.63, 3.8) is 0 Å². The van der Waals surface area contributed by atoms with Crippen molar-refractivity contribution in [2.75, 3.05) is 7.11 Å². The number of phenols is 1. The first kappa shape index (κ1) is 16.7. The molecule has 7 heteroatoms. The molecule has 0 radical (unpaired) electrons. The van der Waals surface area contributed by atoms with Crippen molar-refractivity contribution >= 4 is 27.9 Å². The van der Waals surface area contributed by atoms with Gasteiger partial charge in [0.1, 0.15) is 29.1 Å². The number of carboxylic acids is 1. The number of phenolic OH excluding ortho intramolecular Hbond substituents is 1. The van der Waals surface area contributed by atoms with Crippen LogP contribution in [0, 0.1) is 0 Å². The van der Waals surface area contributed by atoms with E-state index in [0.29, 0.717) is 27.7 Å². The monoisotopic (exact) mass is 366 g/mol. The molecule has 0 atom stereocenters. The predicted molar refractivity (Wildman–Crippen MR) is 97.2 cm³/mol. The van der Waals surface area contributed by atoms with Crippen LogP contribution in [0.15, 0.2) is 56.1 Å². The van der Waals surface area contributed by atoms with Gasteiger partial charge in [0.05, 0.1) is 12.5 Å². The molecule has 2 aromatic heterocycles. The van der Waals surface area contributed by atoms with Gasteiger partial charge in [0, 0.05) is 17.7 Å². The van der Waals surface area contributed by atoms with Crippen LogP contribution in [-0.2, 0) is 11.2 Å². The molecule has 0 fully saturated rings. The number of ether oxygens (including phenoxy) is 1. The average molecular weight is 366 g/mol. The first-order valence-corrected chi connectivity index (χ1v) is 8.04. The second-order valence-corrected chi connectivity index (χ2v) is 6.03. The molecule has 27 heavy (non-hydrogen) atoms. The van der Waals surface area contributed by atoms with E-state index in [4.69, 9.17) is 18.7 Å². The van der Waals surface area contributed by atoms with E-state index in [9.17, 15) is 14.7 Å². The van der Waals surface area contributed by atoms with Gasteiger partial charge >= 0.3 is 5.97 Å². The highest BCUT2D eigenvalue weighted by molar-refractivity contribution is 6.06. The largest absolute Gasteiger partial charge is 0.504 e. The zero-order valence-electron chi connectivity index (χ0n) is 14.2. The number of carboxylic acid groups (broad SMARTS) is 1. The predicted octanol–water partition coefficient (Wildman–Crippen LogP) is 3.55. The zero-order valence-corrected chi connectivity index (χ0v) is 14.2. The summed E-state index contributed by atoms with van der Waals surface area (Å²) < 4.78 is 16.6. The van der Waals surface area contributed by atoms with Crippen LogP contribution in [0.1, 0.15) is 5.76 Å². The van der Waals surface area contributed by atoms with Gasteiger partial charge in [-0.3, -0.25) is 9.59 Å². The molecule has 0 spiro atoms. The van der Waals surface area contributed by atoms with E-state index in [1.165, 1.54) is 25.3 Å². The summed E-state index contributed by atoms with van der Waals surface area (Å²) in [5, 5.41) is 20.1. The molecule has 0 aliphatic carbocycles. The van der Waals surface area contributed by atoms with E-state index in [0.717, 1.165) is 0 Å². The number of rotatable bonds is 4. The topological polar surface area (TPSA) is 110 Å². The summed E-state index contributed by atoms with van der Waals surface area (Å²) in [5.41, 5.74) is 0.900. The van der Waals surface area contributed by atoms with Gasteiger partial charge in [-0.15, -0.1) is 0 Å². The molecule has 0 aliphatic heterocycles.